The van der Waals surface area contributed by atoms with Gasteiger partial charge in [0.05, 0.1) is 6.61 Å². The third-order valence-corrected chi connectivity index (χ3v) is 2.19. The van der Waals surface area contributed by atoms with E-state index in [1.54, 1.807) is 0 Å². The SMILES string of the molecule is C=CCCOc1c(C)cc(C=O)cc1C. The van der Waals surface area contributed by atoms with Gasteiger partial charge in [-0.25, -0.2) is 0 Å². The molecule has 0 heterocycles. The Balaban J connectivity index is 2.87. The van der Waals surface area contributed by atoms with Crippen molar-refractivity contribution < 1.29 is 9.53 Å². The highest BCUT2D eigenvalue weighted by Crippen LogP contribution is 2.24. The van der Waals surface area contributed by atoms with E-state index in [9.17, 15) is 4.79 Å². The van der Waals surface area contributed by atoms with Crippen LogP contribution in [0, 0.1) is 13.8 Å². The lowest BCUT2D eigenvalue weighted by molar-refractivity contribution is 0.112. The molecule has 2 heteroatoms. The van der Waals surface area contributed by atoms with Gasteiger partial charge in [0.1, 0.15) is 12.0 Å². The summed E-state index contributed by atoms with van der Waals surface area (Å²) < 4.78 is 5.62. The molecular formula is C13H16O2. The minimum Gasteiger partial charge on any atom is -0.493 e. The average molecular weight is 204 g/mol. The molecule has 0 aliphatic rings. The second-order valence-corrected chi connectivity index (χ2v) is 3.53. The average Bonchev–Trinajstić information content (AvgIpc) is 2.22. The maximum absolute atomic E-state index is 10.6. The largest absolute Gasteiger partial charge is 0.493 e. The molecule has 1 rings (SSSR count). The Morgan fingerprint density at radius 3 is 2.40 bits per heavy atom. The first-order valence-electron chi connectivity index (χ1n) is 4.99. The molecule has 1 aromatic rings. The zero-order chi connectivity index (χ0) is 11.3. The fraction of sp³-hybridized carbons (Fsp3) is 0.308. The molecule has 0 aromatic heterocycles. The molecule has 0 fully saturated rings. The summed E-state index contributed by atoms with van der Waals surface area (Å²) >= 11 is 0. The Morgan fingerprint density at radius 1 is 1.33 bits per heavy atom. The van der Waals surface area contributed by atoms with Gasteiger partial charge in [-0.1, -0.05) is 6.08 Å². The molecule has 0 atom stereocenters. The third-order valence-electron chi connectivity index (χ3n) is 2.19. The zero-order valence-corrected chi connectivity index (χ0v) is 9.25. The summed E-state index contributed by atoms with van der Waals surface area (Å²) in [6.45, 7) is 8.16. The summed E-state index contributed by atoms with van der Waals surface area (Å²) in [7, 11) is 0. The van der Waals surface area contributed by atoms with Crippen molar-refractivity contribution >= 4 is 6.29 Å². The quantitative estimate of drug-likeness (QED) is 0.418. The maximum Gasteiger partial charge on any atom is 0.150 e. The molecule has 1 aromatic carbocycles. The van der Waals surface area contributed by atoms with Gasteiger partial charge in [0.25, 0.3) is 0 Å². The van der Waals surface area contributed by atoms with Gasteiger partial charge in [-0.15, -0.1) is 6.58 Å². The monoisotopic (exact) mass is 204 g/mol. The molecule has 2 nitrogen and oxygen atoms in total. The summed E-state index contributed by atoms with van der Waals surface area (Å²) in [5, 5.41) is 0. The van der Waals surface area contributed by atoms with Crippen LogP contribution in [0.25, 0.3) is 0 Å². The molecule has 0 radical (unpaired) electrons. The number of carbonyl (C=O) groups excluding carboxylic acids is 1. The van der Waals surface area contributed by atoms with E-state index in [1.807, 2.05) is 32.1 Å². The molecule has 0 aliphatic heterocycles. The van der Waals surface area contributed by atoms with Gasteiger partial charge in [-0.2, -0.15) is 0 Å². The Bertz CT molecular complexity index is 344. The van der Waals surface area contributed by atoms with E-state index in [0.29, 0.717) is 12.2 Å². The second-order valence-electron chi connectivity index (χ2n) is 3.53. The van der Waals surface area contributed by atoms with E-state index in [2.05, 4.69) is 6.58 Å². The van der Waals surface area contributed by atoms with Crippen molar-refractivity contribution in [2.75, 3.05) is 6.61 Å². The number of hydrogen-bond acceptors (Lipinski definition) is 2. The Morgan fingerprint density at radius 2 is 1.93 bits per heavy atom. The zero-order valence-electron chi connectivity index (χ0n) is 9.25. The molecule has 0 saturated heterocycles. The number of benzene rings is 1. The number of rotatable bonds is 5. The first kappa shape index (κ1) is 11.5. The second kappa shape index (κ2) is 5.35. The van der Waals surface area contributed by atoms with Crippen LogP contribution < -0.4 is 4.74 Å². The third kappa shape index (κ3) is 2.94. The van der Waals surface area contributed by atoms with Crippen LogP contribution >= 0.6 is 0 Å². The highest BCUT2D eigenvalue weighted by Gasteiger charge is 2.05. The van der Waals surface area contributed by atoms with Crippen LogP contribution in [0.4, 0.5) is 0 Å². The van der Waals surface area contributed by atoms with Gasteiger partial charge in [-0.05, 0) is 43.5 Å². The van der Waals surface area contributed by atoms with E-state index in [-0.39, 0.29) is 0 Å². The molecule has 0 amide bonds. The molecule has 0 aliphatic carbocycles. The van der Waals surface area contributed by atoms with Crippen molar-refractivity contribution in [2.24, 2.45) is 0 Å². The van der Waals surface area contributed by atoms with Gasteiger partial charge >= 0.3 is 0 Å². The minimum atomic E-state index is 0.631. The van der Waals surface area contributed by atoms with Crippen molar-refractivity contribution in [1.82, 2.24) is 0 Å². The van der Waals surface area contributed by atoms with Crippen LogP contribution in [0.5, 0.6) is 5.75 Å². The first-order valence-corrected chi connectivity index (χ1v) is 4.99. The van der Waals surface area contributed by atoms with Crippen molar-refractivity contribution in [1.29, 1.82) is 0 Å². The number of ether oxygens (including phenoxy) is 1. The number of carbonyl (C=O) groups is 1. The van der Waals surface area contributed by atoms with E-state index in [0.717, 1.165) is 29.6 Å². The smallest absolute Gasteiger partial charge is 0.150 e. The van der Waals surface area contributed by atoms with Crippen LogP contribution in [0.1, 0.15) is 27.9 Å². The molecular weight excluding hydrogens is 188 g/mol. The van der Waals surface area contributed by atoms with Crippen LogP contribution in [0.15, 0.2) is 24.8 Å². The van der Waals surface area contributed by atoms with Gasteiger partial charge in [-0.3, -0.25) is 4.79 Å². The topological polar surface area (TPSA) is 26.3 Å². The fourth-order valence-electron chi connectivity index (χ4n) is 1.52. The Labute approximate surface area is 90.6 Å². The van der Waals surface area contributed by atoms with Crippen LogP contribution in [0.3, 0.4) is 0 Å². The van der Waals surface area contributed by atoms with E-state index in [4.69, 9.17) is 4.74 Å². The van der Waals surface area contributed by atoms with Crippen LogP contribution in [-0.4, -0.2) is 12.9 Å². The van der Waals surface area contributed by atoms with Gasteiger partial charge in [0.2, 0.25) is 0 Å². The Kier molecular flexibility index (Phi) is 4.10. The van der Waals surface area contributed by atoms with Crippen molar-refractivity contribution in [3.8, 4) is 5.75 Å². The minimum absolute atomic E-state index is 0.631. The van der Waals surface area contributed by atoms with Gasteiger partial charge in [0.15, 0.2) is 0 Å². The normalized spacial score (nSPS) is 9.73. The predicted octanol–water partition coefficient (Wildman–Crippen LogP) is 3.07. The van der Waals surface area contributed by atoms with Crippen molar-refractivity contribution in [3.63, 3.8) is 0 Å². The number of aldehydes is 1. The molecule has 15 heavy (non-hydrogen) atoms. The summed E-state index contributed by atoms with van der Waals surface area (Å²) in [4.78, 5) is 10.6. The molecule has 0 spiro atoms. The molecule has 80 valence electrons. The predicted molar refractivity (Wildman–Crippen MR) is 61.6 cm³/mol. The Hall–Kier alpha value is -1.57. The summed E-state index contributed by atoms with van der Waals surface area (Å²) in [6, 6.07) is 3.67. The summed E-state index contributed by atoms with van der Waals surface area (Å²) in [6.07, 6.45) is 3.51. The van der Waals surface area contributed by atoms with Gasteiger partial charge in [0, 0.05) is 5.56 Å². The molecule has 0 bridgehead atoms. The van der Waals surface area contributed by atoms with Crippen LogP contribution in [-0.2, 0) is 0 Å². The van der Waals surface area contributed by atoms with Crippen molar-refractivity contribution in [3.05, 3.63) is 41.5 Å². The van der Waals surface area contributed by atoms with Crippen molar-refractivity contribution in [2.45, 2.75) is 20.3 Å². The van der Waals surface area contributed by atoms with E-state index < -0.39 is 0 Å². The molecule has 0 unspecified atom stereocenters. The molecule has 0 N–H and O–H groups in total. The lowest BCUT2D eigenvalue weighted by atomic mass is 10.1. The van der Waals surface area contributed by atoms with E-state index >= 15 is 0 Å². The first-order chi connectivity index (χ1) is 7.19. The fourth-order valence-corrected chi connectivity index (χ4v) is 1.52. The highest BCUT2D eigenvalue weighted by atomic mass is 16.5. The van der Waals surface area contributed by atoms with E-state index in [1.165, 1.54) is 0 Å². The highest BCUT2D eigenvalue weighted by molar-refractivity contribution is 5.76. The van der Waals surface area contributed by atoms with Crippen LogP contribution in [0.2, 0.25) is 0 Å². The maximum atomic E-state index is 10.6. The standard InChI is InChI=1S/C13H16O2/c1-4-5-6-15-13-10(2)7-12(9-14)8-11(13)3/h4,7-9H,1,5-6H2,2-3H3. The lowest BCUT2D eigenvalue weighted by Crippen LogP contribution is -2.00. The number of hydrogen-bond donors (Lipinski definition) is 0. The van der Waals surface area contributed by atoms with Gasteiger partial charge < -0.3 is 4.74 Å². The summed E-state index contributed by atoms with van der Waals surface area (Å²) in [5.74, 6) is 0.877. The number of aryl methyl sites for hydroxylation is 2. The molecule has 0 saturated carbocycles. The lowest BCUT2D eigenvalue weighted by Gasteiger charge is -2.11. The summed E-state index contributed by atoms with van der Waals surface area (Å²) in [5.41, 5.74) is 2.70.